The zero-order valence-electron chi connectivity index (χ0n) is 7.14. The van der Waals surface area contributed by atoms with Crippen molar-refractivity contribution in [2.75, 3.05) is 5.75 Å². The molecule has 0 aliphatic heterocycles. The molecule has 0 heterocycles. The molecule has 0 spiro atoms. The van der Waals surface area contributed by atoms with Crippen LogP contribution in [0, 0.1) is 0 Å². The molecule has 1 aromatic carbocycles. The molecule has 0 fully saturated rings. The first-order valence-electron chi connectivity index (χ1n) is 3.98. The summed E-state index contributed by atoms with van der Waals surface area (Å²) in [4.78, 5) is 0. The van der Waals surface area contributed by atoms with E-state index in [9.17, 15) is 4.21 Å². The van der Waals surface area contributed by atoms with Crippen LogP contribution in [0.5, 0.6) is 0 Å². The highest BCUT2D eigenvalue weighted by Crippen LogP contribution is 2.05. The summed E-state index contributed by atoms with van der Waals surface area (Å²) in [6.45, 7) is 0.0339. The van der Waals surface area contributed by atoms with Crippen LogP contribution in [0.4, 0.5) is 0 Å². The average molecular weight is 200 g/mol. The Bertz CT molecular complexity index is 281. The Morgan fingerprint density at radius 1 is 1.15 bits per heavy atom. The van der Waals surface area contributed by atoms with E-state index in [1.807, 2.05) is 24.3 Å². The SMILES string of the molecule is O=S(O)CCc1ccc(CO)cc1. The van der Waals surface area contributed by atoms with E-state index in [0.717, 1.165) is 11.1 Å². The standard InChI is InChI=1S/C9H12O3S/c10-7-9-3-1-8(2-4-9)5-6-13(11)12/h1-4,10H,5-7H2,(H,11,12). The van der Waals surface area contributed by atoms with Crippen LogP contribution in [0.15, 0.2) is 24.3 Å². The minimum absolute atomic E-state index is 0.0339. The first-order chi connectivity index (χ1) is 6.22. The monoisotopic (exact) mass is 200 g/mol. The summed E-state index contributed by atoms with van der Waals surface area (Å²) in [7, 11) is 0. The van der Waals surface area contributed by atoms with E-state index in [1.54, 1.807) is 0 Å². The second-order valence-electron chi connectivity index (χ2n) is 2.75. The normalized spacial score (nSPS) is 12.8. The van der Waals surface area contributed by atoms with Gasteiger partial charge in [-0.25, -0.2) is 4.21 Å². The van der Waals surface area contributed by atoms with Crippen LogP contribution in [-0.2, 0) is 24.1 Å². The van der Waals surface area contributed by atoms with Crippen LogP contribution in [0.2, 0.25) is 0 Å². The quantitative estimate of drug-likeness (QED) is 0.711. The molecule has 13 heavy (non-hydrogen) atoms. The zero-order chi connectivity index (χ0) is 9.68. The van der Waals surface area contributed by atoms with E-state index < -0.39 is 11.1 Å². The van der Waals surface area contributed by atoms with Crippen LogP contribution in [-0.4, -0.2) is 19.6 Å². The maximum Gasteiger partial charge on any atom is 0.153 e. The van der Waals surface area contributed by atoms with Crippen molar-refractivity contribution >= 4 is 11.1 Å². The summed E-state index contributed by atoms with van der Waals surface area (Å²) in [5.74, 6) is 0.262. The fourth-order valence-corrected chi connectivity index (χ4v) is 1.43. The van der Waals surface area contributed by atoms with Crippen LogP contribution >= 0.6 is 0 Å². The van der Waals surface area contributed by atoms with Crippen LogP contribution in [0.25, 0.3) is 0 Å². The lowest BCUT2D eigenvalue weighted by molar-refractivity contribution is 0.282. The highest BCUT2D eigenvalue weighted by molar-refractivity contribution is 7.79. The smallest absolute Gasteiger partial charge is 0.153 e. The summed E-state index contributed by atoms with van der Waals surface area (Å²) >= 11 is -1.72. The Morgan fingerprint density at radius 3 is 2.15 bits per heavy atom. The fourth-order valence-electron chi connectivity index (χ4n) is 1.02. The third kappa shape index (κ3) is 3.67. The molecule has 1 unspecified atom stereocenters. The average Bonchev–Trinajstić information content (AvgIpc) is 2.15. The molecule has 72 valence electrons. The van der Waals surface area contributed by atoms with Gasteiger partial charge in [0.1, 0.15) is 0 Å². The molecule has 1 atom stereocenters. The van der Waals surface area contributed by atoms with E-state index in [-0.39, 0.29) is 12.4 Å². The van der Waals surface area contributed by atoms with Gasteiger partial charge in [-0.15, -0.1) is 0 Å². The number of hydrogen-bond donors (Lipinski definition) is 2. The Hall–Kier alpha value is -0.710. The molecule has 0 aliphatic carbocycles. The third-order valence-corrected chi connectivity index (χ3v) is 2.32. The summed E-state index contributed by atoms with van der Waals surface area (Å²) in [6.07, 6.45) is 0.592. The van der Waals surface area contributed by atoms with Gasteiger partial charge in [-0.2, -0.15) is 0 Å². The fraction of sp³-hybridized carbons (Fsp3) is 0.333. The number of rotatable bonds is 4. The van der Waals surface area contributed by atoms with E-state index in [1.165, 1.54) is 0 Å². The summed E-state index contributed by atoms with van der Waals surface area (Å²) in [6, 6.07) is 7.35. The molecule has 3 nitrogen and oxygen atoms in total. The van der Waals surface area contributed by atoms with Crippen molar-refractivity contribution in [1.82, 2.24) is 0 Å². The number of aliphatic hydroxyl groups is 1. The molecule has 0 aliphatic rings. The van der Waals surface area contributed by atoms with E-state index in [4.69, 9.17) is 9.66 Å². The Morgan fingerprint density at radius 2 is 1.69 bits per heavy atom. The van der Waals surface area contributed by atoms with Crippen LogP contribution < -0.4 is 0 Å². The number of aliphatic hydroxyl groups excluding tert-OH is 1. The molecule has 2 N–H and O–H groups in total. The van der Waals surface area contributed by atoms with Gasteiger partial charge in [0.05, 0.1) is 12.4 Å². The molecule has 1 rings (SSSR count). The van der Waals surface area contributed by atoms with Crippen molar-refractivity contribution in [3.63, 3.8) is 0 Å². The molecule has 0 saturated carbocycles. The van der Waals surface area contributed by atoms with Gasteiger partial charge in [0, 0.05) is 0 Å². The minimum atomic E-state index is -1.72. The molecular formula is C9H12O3S. The van der Waals surface area contributed by atoms with Crippen molar-refractivity contribution in [2.45, 2.75) is 13.0 Å². The van der Waals surface area contributed by atoms with Gasteiger partial charge >= 0.3 is 0 Å². The Labute approximate surface area is 79.7 Å². The van der Waals surface area contributed by atoms with Crippen LogP contribution in [0.1, 0.15) is 11.1 Å². The van der Waals surface area contributed by atoms with Gasteiger partial charge in [-0.1, -0.05) is 24.3 Å². The number of hydrogen-bond acceptors (Lipinski definition) is 2. The van der Waals surface area contributed by atoms with E-state index in [0.29, 0.717) is 6.42 Å². The molecule has 0 amide bonds. The van der Waals surface area contributed by atoms with Crippen molar-refractivity contribution < 1.29 is 13.9 Å². The van der Waals surface area contributed by atoms with Gasteiger partial charge in [-0.05, 0) is 17.5 Å². The summed E-state index contributed by atoms with van der Waals surface area (Å²) < 4.78 is 18.9. The van der Waals surface area contributed by atoms with Crippen molar-refractivity contribution in [3.8, 4) is 0 Å². The maximum absolute atomic E-state index is 10.4. The predicted molar refractivity (Wildman–Crippen MR) is 51.7 cm³/mol. The largest absolute Gasteiger partial charge is 0.392 e. The summed E-state index contributed by atoms with van der Waals surface area (Å²) in [5.41, 5.74) is 1.87. The third-order valence-electron chi connectivity index (χ3n) is 1.77. The van der Waals surface area contributed by atoms with Crippen molar-refractivity contribution in [3.05, 3.63) is 35.4 Å². The number of benzene rings is 1. The molecule has 4 heteroatoms. The minimum Gasteiger partial charge on any atom is -0.392 e. The first kappa shape index (κ1) is 10.4. The van der Waals surface area contributed by atoms with Gasteiger partial charge in [0.2, 0.25) is 0 Å². The second-order valence-corrected chi connectivity index (χ2v) is 3.80. The van der Waals surface area contributed by atoms with Gasteiger partial charge in [0.15, 0.2) is 11.1 Å². The van der Waals surface area contributed by atoms with Gasteiger partial charge < -0.3 is 9.66 Å². The molecule has 0 bridgehead atoms. The van der Waals surface area contributed by atoms with E-state index >= 15 is 0 Å². The highest BCUT2D eigenvalue weighted by Gasteiger charge is 1.96. The predicted octanol–water partition coefficient (Wildman–Crippen LogP) is 0.943. The van der Waals surface area contributed by atoms with Crippen molar-refractivity contribution in [1.29, 1.82) is 0 Å². The lowest BCUT2D eigenvalue weighted by Gasteiger charge is -2.00. The molecule has 0 aromatic heterocycles. The topological polar surface area (TPSA) is 57.5 Å². The van der Waals surface area contributed by atoms with Gasteiger partial charge in [0.25, 0.3) is 0 Å². The first-order valence-corrected chi connectivity index (χ1v) is 5.26. The maximum atomic E-state index is 10.4. The second kappa shape index (κ2) is 5.11. The number of aryl methyl sites for hydroxylation is 1. The highest BCUT2D eigenvalue weighted by atomic mass is 32.2. The molecule has 0 saturated heterocycles. The Kier molecular flexibility index (Phi) is 4.08. The molecule has 1 aromatic rings. The molecule has 0 radical (unpaired) electrons. The lowest BCUT2D eigenvalue weighted by atomic mass is 10.1. The molecular weight excluding hydrogens is 188 g/mol. The summed E-state index contributed by atoms with van der Waals surface area (Å²) in [5, 5.41) is 8.76. The van der Waals surface area contributed by atoms with Gasteiger partial charge in [-0.3, -0.25) is 0 Å². The lowest BCUT2D eigenvalue weighted by Crippen LogP contribution is -1.99. The Balaban J connectivity index is 2.54. The van der Waals surface area contributed by atoms with E-state index in [2.05, 4.69) is 0 Å². The zero-order valence-corrected chi connectivity index (χ0v) is 7.96. The van der Waals surface area contributed by atoms with Crippen molar-refractivity contribution in [2.24, 2.45) is 0 Å². The van der Waals surface area contributed by atoms with Crippen LogP contribution in [0.3, 0.4) is 0 Å².